The van der Waals surface area contributed by atoms with Crippen molar-refractivity contribution in [2.45, 2.75) is 46.1 Å². The first-order valence-electron chi connectivity index (χ1n) is 11.2. The maximum absolute atomic E-state index is 13.0. The molecule has 4 rings (SSSR count). The fraction of sp³-hybridized carbons (Fsp3) is 0.360. The van der Waals surface area contributed by atoms with Gasteiger partial charge in [-0.3, -0.25) is 9.59 Å². The summed E-state index contributed by atoms with van der Waals surface area (Å²) < 4.78 is 12.6. The van der Waals surface area contributed by atoms with Crippen molar-refractivity contribution in [3.63, 3.8) is 0 Å². The van der Waals surface area contributed by atoms with Gasteiger partial charge in [-0.2, -0.15) is 4.99 Å². The number of amides is 1. The van der Waals surface area contributed by atoms with Crippen LogP contribution in [0.2, 0.25) is 0 Å². The second-order valence-corrected chi connectivity index (χ2v) is 8.80. The summed E-state index contributed by atoms with van der Waals surface area (Å²) in [6, 6.07) is 10.8. The van der Waals surface area contributed by atoms with Crippen molar-refractivity contribution in [3.05, 3.63) is 63.5 Å². The molecule has 1 amide bonds. The minimum absolute atomic E-state index is 0.0805. The molecule has 0 atom stereocenters. The van der Waals surface area contributed by atoms with Gasteiger partial charge < -0.3 is 14.0 Å². The Morgan fingerprint density at radius 3 is 2.42 bits per heavy atom. The number of rotatable bonds is 6. The highest BCUT2D eigenvalue weighted by Crippen LogP contribution is 2.23. The van der Waals surface area contributed by atoms with Crippen molar-refractivity contribution < 1.29 is 23.9 Å². The third-order valence-corrected chi connectivity index (χ3v) is 6.62. The Balaban J connectivity index is 1.76. The van der Waals surface area contributed by atoms with E-state index in [0.29, 0.717) is 21.4 Å². The van der Waals surface area contributed by atoms with Gasteiger partial charge in [0.25, 0.3) is 5.91 Å². The molecular formula is C25H26N2O5S. The van der Waals surface area contributed by atoms with Gasteiger partial charge in [-0.1, -0.05) is 17.4 Å². The van der Waals surface area contributed by atoms with Crippen molar-refractivity contribution in [1.29, 1.82) is 0 Å². The number of benzene rings is 2. The molecule has 1 heterocycles. The van der Waals surface area contributed by atoms with Gasteiger partial charge in [0.15, 0.2) is 4.80 Å². The second kappa shape index (κ2) is 10.1. The van der Waals surface area contributed by atoms with E-state index in [4.69, 9.17) is 9.47 Å². The summed E-state index contributed by atoms with van der Waals surface area (Å²) in [7, 11) is 0. The molecule has 0 aliphatic heterocycles. The number of ether oxygens (including phenoxy) is 2. The zero-order valence-electron chi connectivity index (χ0n) is 18.8. The topological polar surface area (TPSA) is 87.0 Å². The molecule has 7 nitrogen and oxygen atoms in total. The molecule has 172 valence electrons. The fourth-order valence-electron chi connectivity index (χ4n) is 4.01. The van der Waals surface area contributed by atoms with Gasteiger partial charge >= 0.3 is 11.9 Å². The number of hydrogen-bond donors (Lipinski definition) is 0. The Labute approximate surface area is 195 Å². The summed E-state index contributed by atoms with van der Waals surface area (Å²) in [5.74, 6) is -1.21. The van der Waals surface area contributed by atoms with E-state index in [1.54, 1.807) is 36.6 Å². The van der Waals surface area contributed by atoms with E-state index in [0.717, 1.165) is 24.0 Å². The molecule has 0 saturated carbocycles. The molecule has 3 aromatic rings. The number of hydrogen-bond acceptors (Lipinski definition) is 6. The lowest BCUT2D eigenvalue weighted by Gasteiger charge is -2.15. The second-order valence-electron chi connectivity index (χ2n) is 7.79. The highest BCUT2D eigenvalue weighted by atomic mass is 32.1. The Bertz CT molecular complexity index is 1290. The normalized spacial score (nSPS) is 13.6. The van der Waals surface area contributed by atoms with Crippen molar-refractivity contribution in [1.82, 2.24) is 4.57 Å². The number of carbonyl (C=O) groups is 3. The van der Waals surface area contributed by atoms with Crippen LogP contribution in [0, 0.1) is 0 Å². The molecule has 8 heteroatoms. The Morgan fingerprint density at radius 1 is 0.939 bits per heavy atom. The Morgan fingerprint density at radius 2 is 1.67 bits per heavy atom. The Hall–Kier alpha value is -3.26. The lowest BCUT2D eigenvalue weighted by atomic mass is 9.90. The highest BCUT2D eigenvalue weighted by molar-refractivity contribution is 7.16. The molecule has 0 spiro atoms. The van der Waals surface area contributed by atoms with Crippen LogP contribution in [-0.4, -0.2) is 35.6 Å². The zero-order valence-corrected chi connectivity index (χ0v) is 19.6. The predicted octanol–water partition coefficient (Wildman–Crippen LogP) is 4.06. The zero-order chi connectivity index (χ0) is 23.4. The van der Waals surface area contributed by atoms with Gasteiger partial charge in [-0.15, -0.1) is 0 Å². The summed E-state index contributed by atoms with van der Waals surface area (Å²) in [6.45, 7) is 3.95. The predicted molar refractivity (Wildman–Crippen MR) is 125 cm³/mol. The minimum Gasteiger partial charge on any atom is -0.465 e. The number of nitrogens with zero attached hydrogens (tertiary/aromatic N) is 2. The van der Waals surface area contributed by atoms with Crippen LogP contribution in [0.5, 0.6) is 0 Å². The standard InChI is InChI=1S/C25H26N2O5S/c1-3-31-22(28)15-27-20-12-11-19(24(30)32-4-2)14-21(20)33-25(27)26-23(29)18-10-9-16-7-5-6-8-17(16)13-18/h9-14H,3-8,15H2,1-2H3. The molecule has 0 saturated heterocycles. The number of carbonyl (C=O) groups excluding carboxylic acids is 3. The minimum atomic E-state index is -0.423. The number of aromatic nitrogens is 1. The third kappa shape index (κ3) is 5.06. The molecule has 0 radical (unpaired) electrons. The smallest absolute Gasteiger partial charge is 0.338 e. The van der Waals surface area contributed by atoms with Crippen molar-refractivity contribution in [2.24, 2.45) is 4.99 Å². The maximum atomic E-state index is 13.0. The lowest BCUT2D eigenvalue weighted by Crippen LogP contribution is -2.23. The molecule has 2 aromatic carbocycles. The van der Waals surface area contributed by atoms with Crippen LogP contribution in [0.4, 0.5) is 0 Å². The number of aryl methyl sites for hydroxylation is 2. The average Bonchev–Trinajstić information content (AvgIpc) is 3.14. The van der Waals surface area contributed by atoms with Crippen LogP contribution < -0.4 is 4.80 Å². The molecule has 0 fully saturated rings. The van der Waals surface area contributed by atoms with Gasteiger partial charge in [0, 0.05) is 5.56 Å². The van der Waals surface area contributed by atoms with Crippen molar-refractivity contribution >= 4 is 39.4 Å². The molecule has 33 heavy (non-hydrogen) atoms. The molecule has 1 aliphatic carbocycles. The molecule has 1 aliphatic rings. The summed E-state index contributed by atoms with van der Waals surface area (Å²) >= 11 is 1.25. The highest BCUT2D eigenvalue weighted by Gasteiger charge is 2.17. The van der Waals surface area contributed by atoms with E-state index in [2.05, 4.69) is 4.99 Å². The lowest BCUT2D eigenvalue weighted by molar-refractivity contribution is -0.143. The van der Waals surface area contributed by atoms with Gasteiger partial charge in [-0.25, -0.2) is 4.79 Å². The molecule has 1 aromatic heterocycles. The van der Waals surface area contributed by atoms with Gasteiger partial charge in [-0.05, 0) is 81.0 Å². The largest absolute Gasteiger partial charge is 0.465 e. The van der Waals surface area contributed by atoms with Crippen LogP contribution in [0.3, 0.4) is 0 Å². The first-order chi connectivity index (χ1) is 16.0. The maximum Gasteiger partial charge on any atom is 0.338 e. The molecule has 0 bridgehead atoms. The first kappa shape index (κ1) is 22.9. The molecule has 0 unspecified atom stereocenters. The van der Waals surface area contributed by atoms with Crippen LogP contribution >= 0.6 is 11.3 Å². The average molecular weight is 467 g/mol. The first-order valence-corrected chi connectivity index (χ1v) is 12.0. The van der Waals surface area contributed by atoms with Crippen molar-refractivity contribution in [3.8, 4) is 0 Å². The number of fused-ring (bicyclic) bond motifs is 2. The van der Waals surface area contributed by atoms with E-state index in [9.17, 15) is 14.4 Å². The Kier molecular flexibility index (Phi) is 7.03. The quantitative estimate of drug-likeness (QED) is 0.511. The van der Waals surface area contributed by atoms with Crippen LogP contribution in [0.25, 0.3) is 10.2 Å². The SMILES string of the molecule is CCOC(=O)Cn1c(=NC(=O)c2ccc3c(c2)CCCC3)sc2cc(C(=O)OCC)ccc21. The monoisotopic (exact) mass is 466 g/mol. The third-order valence-electron chi connectivity index (χ3n) is 5.58. The van der Waals surface area contributed by atoms with Crippen LogP contribution in [0.1, 0.15) is 58.5 Å². The van der Waals surface area contributed by atoms with E-state index < -0.39 is 11.9 Å². The van der Waals surface area contributed by atoms with E-state index in [1.165, 1.54) is 28.9 Å². The van der Waals surface area contributed by atoms with Crippen LogP contribution in [0.15, 0.2) is 41.4 Å². The van der Waals surface area contributed by atoms with E-state index in [1.807, 2.05) is 18.2 Å². The summed E-state index contributed by atoms with van der Waals surface area (Å²) in [6.07, 6.45) is 4.31. The summed E-state index contributed by atoms with van der Waals surface area (Å²) in [5, 5.41) is 0. The van der Waals surface area contributed by atoms with E-state index in [-0.39, 0.29) is 25.7 Å². The summed E-state index contributed by atoms with van der Waals surface area (Å²) in [5.41, 5.74) is 4.13. The van der Waals surface area contributed by atoms with Crippen LogP contribution in [-0.2, 0) is 33.7 Å². The van der Waals surface area contributed by atoms with Gasteiger partial charge in [0.2, 0.25) is 0 Å². The molecular weight excluding hydrogens is 440 g/mol. The van der Waals surface area contributed by atoms with Gasteiger partial charge in [0.1, 0.15) is 6.54 Å². The van der Waals surface area contributed by atoms with Gasteiger partial charge in [0.05, 0.1) is 29.0 Å². The van der Waals surface area contributed by atoms with E-state index >= 15 is 0 Å². The number of thiazole rings is 1. The summed E-state index contributed by atoms with van der Waals surface area (Å²) in [4.78, 5) is 42.2. The molecule has 0 N–H and O–H groups in total. The fourth-order valence-corrected chi connectivity index (χ4v) is 5.07. The number of esters is 2. The van der Waals surface area contributed by atoms with Crippen molar-refractivity contribution in [2.75, 3.05) is 13.2 Å².